The third-order valence-electron chi connectivity index (χ3n) is 1.83. The monoisotopic (exact) mass is 262 g/mol. The van der Waals surface area contributed by atoms with Gasteiger partial charge in [-0.15, -0.1) is 0 Å². The van der Waals surface area contributed by atoms with E-state index in [2.05, 4.69) is 9.47 Å². The average Bonchev–Trinajstić information content (AvgIpc) is 2.29. The number of hydrogen-bond donors (Lipinski definition) is 1. The highest BCUT2D eigenvalue weighted by atomic mass is 16.6. The summed E-state index contributed by atoms with van der Waals surface area (Å²) in [4.78, 5) is 33.2. The first-order valence-corrected chi connectivity index (χ1v) is 5.61. The van der Waals surface area contributed by atoms with E-state index in [1.165, 1.54) is 0 Å². The highest BCUT2D eigenvalue weighted by molar-refractivity contribution is 5.95. The van der Waals surface area contributed by atoms with E-state index in [0.29, 0.717) is 0 Å². The Morgan fingerprint density at radius 2 is 1.72 bits per heavy atom. The minimum Gasteiger partial charge on any atom is -0.466 e. The lowest BCUT2D eigenvalue weighted by atomic mass is 10.2. The Hall–Kier alpha value is -1.47. The van der Waals surface area contributed by atoms with Crippen LogP contribution >= 0.6 is 0 Å². The average molecular weight is 262 g/mol. The maximum Gasteiger partial charge on any atom is 0.313 e. The van der Waals surface area contributed by atoms with Crippen LogP contribution in [0.3, 0.4) is 0 Å². The van der Waals surface area contributed by atoms with Crippen molar-refractivity contribution in [3.63, 3.8) is 0 Å². The number of rotatable bonds is 10. The number of Topliss-reactive ketones (excluding diaryl/α,β-unsaturated/α-hetero) is 1. The Labute approximate surface area is 105 Å². The first-order chi connectivity index (χ1) is 8.60. The molecule has 0 spiro atoms. The summed E-state index contributed by atoms with van der Waals surface area (Å²) in [5.74, 6) is -1.44. The molecule has 0 saturated heterocycles. The number of aliphatic hydroxyl groups excluding tert-OH is 1. The molecule has 7 heteroatoms. The molecule has 0 heterocycles. The number of hydrogen-bond acceptors (Lipinski definition) is 7. The summed E-state index contributed by atoms with van der Waals surface area (Å²) in [6.07, 6.45) is -0.322. The summed E-state index contributed by atoms with van der Waals surface area (Å²) in [5, 5.41) is 8.29. The van der Waals surface area contributed by atoms with Gasteiger partial charge in [0.2, 0.25) is 0 Å². The van der Waals surface area contributed by atoms with Gasteiger partial charge >= 0.3 is 11.9 Å². The van der Waals surface area contributed by atoms with Crippen molar-refractivity contribution in [2.24, 2.45) is 0 Å². The van der Waals surface area contributed by atoms with Gasteiger partial charge in [0.05, 0.1) is 26.2 Å². The summed E-state index contributed by atoms with van der Waals surface area (Å²) in [6.45, 7) is 1.41. The molecule has 0 aliphatic heterocycles. The summed E-state index contributed by atoms with van der Waals surface area (Å²) in [6, 6.07) is 0. The van der Waals surface area contributed by atoms with Crippen LogP contribution in [0.15, 0.2) is 0 Å². The van der Waals surface area contributed by atoms with Crippen molar-refractivity contribution in [2.75, 3.05) is 26.6 Å². The topological polar surface area (TPSA) is 99.1 Å². The van der Waals surface area contributed by atoms with Gasteiger partial charge in [-0.3, -0.25) is 14.4 Å². The molecule has 0 radical (unpaired) electrons. The van der Waals surface area contributed by atoms with Crippen LogP contribution < -0.4 is 0 Å². The molecule has 18 heavy (non-hydrogen) atoms. The van der Waals surface area contributed by atoms with Gasteiger partial charge in [-0.05, 0) is 6.92 Å². The molecule has 0 saturated carbocycles. The zero-order valence-corrected chi connectivity index (χ0v) is 10.3. The smallest absolute Gasteiger partial charge is 0.313 e. The Kier molecular flexibility index (Phi) is 9.80. The lowest BCUT2D eigenvalue weighted by Crippen LogP contribution is -2.15. The molecular weight excluding hydrogens is 244 g/mol. The number of carbonyl (C=O) groups excluding carboxylic acids is 3. The number of ether oxygens (including phenoxy) is 3. The molecule has 0 atom stereocenters. The van der Waals surface area contributed by atoms with E-state index < -0.39 is 18.7 Å². The second-order valence-corrected chi connectivity index (χ2v) is 3.28. The molecule has 0 fully saturated rings. The third-order valence-corrected chi connectivity index (χ3v) is 1.83. The van der Waals surface area contributed by atoms with Crippen LogP contribution in [0.2, 0.25) is 0 Å². The summed E-state index contributed by atoms with van der Waals surface area (Å²) >= 11 is 0. The highest BCUT2D eigenvalue weighted by Gasteiger charge is 2.11. The Morgan fingerprint density at radius 1 is 1.00 bits per heavy atom. The van der Waals surface area contributed by atoms with Crippen molar-refractivity contribution in [3.05, 3.63) is 0 Å². The van der Waals surface area contributed by atoms with Crippen LogP contribution in [0.5, 0.6) is 0 Å². The van der Waals surface area contributed by atoms with Gasteiger partial charge in [0.15, 0.2) is 0 Å². The van der Waals surface area contributed by atoms with Crippen molar-refractivity contribution < 1.29 is 33.7 Å². The molecule has 0 bridgehead atoms. The van der Waals surface area contributed by atoms with Gasteiger partial charge in [0.1, 0.15) is 19.0 Å². The van der Waals surface area contributed by atoms with Crippen LogP contribution in [-0.4, -0.2) is 49.4 Å². The second-order valence-electron chi connectivity index (χ2n) is 3.28. The van der Waals surface area contributed by atoms with Crippen LogP contribution in [0, 0.1) is 0 Å². The summed E-state index contributed by atoms with van der Waals surface area (Å²) in [5.41, 5.74) is 0. The fourth-order valence-corrected chi connectivity index (χ4v) is 1.03. The molecule has 0 rings (SSSR count). The third kappa shape index (κ3) is 9.73. The van der Waals surface area contributed by atoms with Crippen LogP contribution in [0.25, 0.3) is 0 Å². The van der Waals surface area contributed by atoms with Crippen molar-refractivity contribution in [2.45, 2.75) is 26.2 Å². The van der Waals surface area contributed by atoms with E-state index in [9.17, 15) is 14.4 Å². The minimum atomic E-state index is -0.579. The van der Waals surface area contributed by atoms with Gasteiger partial charge < -0.3 is 19.3 Å². The first kappa shape index (κ1) is 16.5. The highest BCUT2D eigenvalue weighted by Crippen LogP contribution is 1.96. The molecule has 0 unspecified atom stereocenters. The van der Waals surface area contributed by atoms with Gasteiger partial charge in [-0.25, -0.2) is 0 Å². The zero-order chi connectivity index (χ0) is 13.8. The number of ketones is 1. The number of carbonyl (C=O) groups is 3. The predicted molar refractivity (Wildman–Crippen MR) is 59.5 cm³/mol. The molecule has 0 aliphatic carbocycles. The zero-order valence-electron chi connectivity index (χ0n) is 10.3. The predicted octanol–water partition coefficient (Wildman–Crippen LogP) is -0.201. The van der Waals surface area contributed by atoms with Crippen molar-refractivity contribution in [1.29, 1.82) is 0 Å². The van der Waals surface area contributed by atoms with Crippen molar-refractivity contribution >= 4 is 17.7 Å². The SMILES string of the molecule is CCOC(=O)CC(=O)CCOC(=O)CCOCO. The van der Waals surface area contributed by atoms with Gasteiger partial charge in [0.25, 0.3) is 0 Å². The van der Waals surface area contributed by atoms with Crippen LogP contribution in [0.4, 0.5) is 0 Å². The van der Waals surface area contributed by atoms with Gasteiger partial charge in [0, 0.05) is 6.42 Å². The lowest BCUT2D eigenvalue weighted by Gasteiger charge is -2.04. The van der Waals surface area contributed by atoms with E-state index >= 15 is 0 Å². The standard InChI is InChI=1S/C11H18O7/c1-2-17-11(15)7-9(13)3-6-18-10(14)4-5-16-8-12/h12H,2-8H2,1H3. The molecule has 0 aromatic heterocycles. The molecule has 1 N–H and O–H groups in total. The maximum absolute atomic E-state index is 11.2. The number of esters is 2. The second kappa shape index (κ2) is 10.7. The van der Waals surface area contributed by atoms with Gasteiger partial charge in [-0.2, -0.15) is 0 Å². The minimum absolute atomic E-state index is 0.00657. The van der Waals surface area contributed by atoms with Crippen molar-refractivity contribution in [3.8, 4) is 0 Å². The Bertz CT molecular complexity index is 275. The van der Waals surface area contributed by atoms with Crippen molar-refractivity contribution in [1.82, 2.24) is 0 Å². The largest absolute Gasteiger partial charge is 0.466 e. The molecule has 0 amide bonds. The van der Waals surface area contributed by atoms with Crippen LogP contribution in [0.1, 0.15) is 26.2 Å². The molecule has 104 valence electrons. The Balaban J connectivity index is 3.55. The first-order valence-electron chi connectivity index (χ1n) is 5.61. The van der Waals surface area contributed by atoms with Gasteiger partial charge in [-0.1, -0.05) is 0 Å². The maximum atomic E-state index is 11.2. The number of aliphatic hydroxyl groups is 1. The summed E-state index contributed by atoms with van der Waals surface area (Å²) < 4.78 is 13.9. The van der Waals surface area contributed by atoms with Crippen LogP contribution in [-0.2, 0) is 28.6 Å². The normalized spacial score (nSPS) is 9.89. The molecular formula is C11H18O7. The Morgan fingerprint density at radius 3 is 2.33 bits per heavy atom. The summed E-state index contributed by atoms with van der Waals surface area (Å²) in [7, 11) is 0. The van der Waals surface area contributed by atoms with E-state index in [4.69, 9.17) is 9.84 Å². The molecule has 0 aromatic carbocycles. The quantitative estimate of drug-likeness (QED) is 0.252. The van der Waals surface area contributed by atoms with E-state index in [-0.39, 0.29) is 44.9 Å². The van der Waals surface area contributed by atoms with E-state index in [1.807, 2.05) is 0 Å². The lowest BCUT2D eigenvalue weighted by molar-refractivity contribution is -0.147. The fourth-order valence-electron chi connectivity index (χ4n) is 1.03. The molecule has 0 aliphatic rings. The molecule has 0 aromatic rings. The van der Waals surface area contributed by atoms with E-state index in [0.717, 1.165) is 0 Å². The fraction of sp³-hybridized carbons (Fsp3) is 0.727. The van der Waals surface area contributed by atoms with E-state index in [1.54, 1.807) is 6.92 Å². The molecule has 7 nitrogen and oxygen atoms in total.